The van der Waals surface area contributed by atoms with E-state index in [2.05, 4.69) is 41.0 Å². The van der Waals surface area contributed by atoms with Gasteiger partial charge in [-0.25, -0.2) is 9.97 Å². The van der Waals surface area contributed by atoms with Crippen LogP contribution in [0.15, 0.2) is 12.4 Å². The molecule has 0 amide bonds. The van der Waals surface area contributed by atoms with Gasteiger partial charge in [0.1, 0.15) is 0 Å². The zero-order valence-corrected chi connectivity index (χ0v) is 13.9. The largest absolute Gasteiger partial charge is 0.383 e. The number of rotatable bonds is 11. The smallest absolute Gasteiger partial charge is 0.225 e. The number of ether oxygens (including phenoxy) is 1. The minimum Gasteiger partial charge on any atom is -0.383 e. The van der Waals surface area contributed by atoms with E-state index in [1.165, 1.54) is 12.8 Å². The monoisotopic (exact) mass is 294 g/mol. The molecule has 0 unspecified atom stereocenters. The summed E-state index contributed by atoms with van der Waals surface area (Å²) in [5.41, 5.74) is 1.11. The van der Waals surface area contributed by atoms with Gasteiger partial charge in [-0.1, -0.05) is 26.7 Å². The van der Waals surface area contributed by atoms with E-state index in [1.807, 2.05) is 12.4 Å². The maximum Gasteiger partial charge on any atom is 0.225 e. The summed E-state index contributed by atoms with van der Waals surface area (Å²) in [4.78, 5) is 11.3. The van der Waals surface area contributed by atoms with Crippen molar-refractivity contribution in [3.8, 4) is 0 Å². The summed E-state index contributed by atoms with van der Waals surface area (Å²) in [6.07, 6.45) is 6.23. The standard InChI is InChI=1S/C16H30N4O/c1-5-14(6-2)13-20(7-3)16-18-11-15(12-19-16)10-17-8-9-21-4/h11-12,14,17H,5-10,13H2,1-4H3. The van der Waals surface area contributed by atoms with Crippen LogP contribution < -0.4 is 10.2 Å². The summed E-state index contributed by atoms with van der Waals surface area (Å²) < 4.78 is 5.00. The van der Waals surface area contributed by atoms with Gasteiger partial charge in [-0.2, -0.15) is 0 Å². The van der Waals surface area contributed by atoms with Gasteiger partial charge in [0, 0.05) is 51.2 Å². The van der Waals surface area contributed by atoms with E-state index < -0.39 is 0 Å². The summed E-state index contributed by atoms with van der Waals surface area (Å²) in [7, 11) is 1.71. The van der Waals surface area contributed by atoms with Crippen LogP contribution in [0.3, 0.4) is 0 Å². The molecule has 0 aliphatic rings. The van der Waals surface area contributed by atoms with Gasteiger partial charge in [0.25, 0.3) is 0 Å². The molecule has 1 rings (SSSR count). The first-order valence-electron chi connectivity index (χ1n) is 8.00. The van der Waals surface area contributed by atoms with E-state index in [0.29, 0.717) is 5.92 Å². The van der Waals surface area contributed by atoms with Gasteiger partial charge >= 0.3 is 0 Å². The van der Waals surface area contributed by atoms with Gasteiger partial charge in [0.15, 0.2) is 0 Å². The number of hydrogen-bond donors (Lipinski definition) is 1. The van der Waals surface area contributed by atoms with Crippen LogP contribution in [0.1, 0.15) is 39.2 Å². The van der Waals surface area contributed by atoms with Crippen LogP contribution >= 0.6 is 0 Å². The molecule has 0 saturated heterocycles. The Morgan fingerprint density at radius 3 is 2.38 bits per heavy atom. The molecule has 21 heavy (non-hydrogen) atoms. The summed E-state index contributed by atoms with van der Waals surface area (Å²) in [5, 5.41) is 3.30. The highest BCUT2D eigenvalue weighted by Crippen LogP contribution is 2.14. The van der Waals surface area contributed by atoms with E-state index >= 15 is 0 Å². The van der Waals surface area contributed by atoms with Crippen LogP contribution in [-0.4, -0.2) is 43.3 Å². The fraction of sp³-hybridized carbons (Fsp3) is 0.750. The lowest BCUT2D eigenvalue weighted by Gasteiger charge is -2.25. The maximum atomic E-state index is 5.00. The van der Waals surface area contributed by atoms with Crippen molar-refractivity contribution in [2.45, 2.75) is 40.2 Å². The Labute approximate surface area is 129 Å². The lowest BCUT2D eigenvalue weighted by Crippen LogP contribution is -2.30. The van der Waals surface area contributed by atoms with Crippen LogP contribution in [-0.2, 0) is 11.3 Å². The molecule has 1 heterocycles. The van der Waals surface area contributed by atoms with E-state index in [-0.39, 0.29) is 0 Å². The summed E-state index contributed by atoms with van der Waals surface area (Å²) >= 11 is 0. The van der Waals surface area contributed by atoms with Crippen molar-refractivity contribution in [2.24, 2.45) is 5.92 Å². The second kappa shape index (κ2) is 10.5. The molecule has 0 radical (unpaired) electrons. The molecule has 0 aliphatic carbocycles. The Morgan fingerprint density at radius 2 is 1.86 bits per heavy atom. The highest BCUT2D eigenvalue weighted by atomic mass is 16.5. The van der Waals surface area contributed by atoms with E-state index in [4.69, 9.17) is 4.74 Å². The van der Waals surface area contributed by atoms with Crippen molar-refractivity contribution in [3.05, 3.63) is 18.0 Å². The van der Waals surface area contributed by atoms with Crippen molar-refractivity contribution in [1.29, 1.82) is 0 Å². The number of methoxy groups -OCH3 is 1. The topological polar surface area (TPSA) is 50.3 Å². The third-order valence-corrected chi connectivity index (χ3v) is 3.80. The van der Waals surface area contributed by atoms with Gasteiger partial charge in [-0.15, -0.1) is 0 Å². The van der Waals surface area contributed by atoms with Gasteiger partial charge < -0.3 is 15.0 Å². The van der Waals surface area contributed by atoms with Crippen LogP contribution in [0, 0.1) is 5.92 Å². The van der Waals surface area contributed by atoms with E-state index in [9.17, 15) is 0 Å². The first-order valence-corrected chi connectivity index (χ1v) is 8.00. The third-order valence-electron chi connectivity index (χ3n) is 3.80. The second-order valence-corrected chi connectivity index (χ2v) is 5.28. The molecule has 1 N–H and O–H groups in total. The van der Waals surface area contributed by atoms with Crippen molar-refractivity contribution < 1.29 is 4.74 Å². The molecule has 0 aromatic carbocycles. The summed E-state index contributed by atoms with van der Waals surface area (Å²) in [6, 6.07) is 0. The third kappa shape index (κ3) is 6.40. The molecular weight excluding hydrogens is 264 g/mol. The highest BCUT2D eigenvalue weighted by Gasteiger charge is 2.12. The normalized spacial score (nSPS) is 11.1. The first kappa shape index (κ1) is 17.9. The van der Waals surface area contributed by atoms with Crippen LogP contribution in [0.5, 0.6) is 0 Å². The second-order valence-electron chi connectivity index (χ2n) is 5.28. The molecular formula is C16H30N4O. The summed E-state index contributed by atoms with van der Waals surface area (Å²) in [5.74, 6) is 1.55. The number of nitrogens with one attached hydrogen (secondary N) is 1. The first-order chi connectivity index (χ1) is 10.2. The lowest BCUT2D eigenvalue weighted by atomic mass is 10.0. The molecule has 0 saturated carbocycles. The minimum absolute atomic E-state index is 0.712. The number of nitrogens with zero attached hydrogens (tertiary/aromatic N) is 3. The Hall–Kier alpha value is -1.20. The predicted octanol–water partition coefficient (Wildman–Crippen LogP) is 2.48. The maximum absolute atomic E-state index is 5.00. The molecule has 0 bridgehead atoms. The summed E-state index contributed by atoms with van der Waals surface area (Å²) in [6.45, 7) is 11.0. The molecule has 0 fully saturated rings. The molecule has 0 spiro atoms. The highest BCUT2D eigenvalue weighted by molar-refractivity contribution is 5.29. The van der Waals surface area contributed by atoms with Crippen LogP contribution in [0.4, 0.5) is 5.95 Å². The molecule has 5 nitrogen and oxygen atoms in total. The van der Waals surface area contributed by atoms with Crippen molar-refractivity contribution in [1.82, 2.24) is 15.3 Å². The number of anilines is 1. The van der Waals surface area contributed by atoms with Crippen molar-refractivity contribution in [2.75, 3.05) is 38.3 Å². The van der Waals surface area contributed by atoms with Gasteiger partial charge in [-0.05, 0) is 12.8 Å². The molecule has 1 aromatic rings. The van der Waals surface area contributed by atoms with E-state index in [1.54, 1.807) is 7.11 Å². The molecule has 0 aliphatic heterocycles. The van der Waals surface area contributed by atoms with Crippen molar-refractivity contribution >= 4 is 5.95 Å². The SMILES string of the molecule is CCC(CC)CN(CC)c1ncc(CNCCOC)cn1. The molecule has 1 aromatic heterocycles. The van der Waals surface area contributed by atoms with Gasteiger partial charge in [0.2, 0.25) is 5.95 Å². The predicted molar refractivity (Wildman–Crippen MR) is 87.6 cm³/mol. The molecule has 120 valence electrons. The van der Waals surface area contributed by atoms with Gasteiger partial charge in [-0.3, -0.25) is 0 Å². The Morgan fingerprint density at radius 1 is 1.19 bits per heavy atom. The lowest BCUT2D eigenvalue weighted by molar-refractivity contribution is 0.199. The zero-order valence-electron chi connectivity index (χ0n) is 13.9. The van der Waals surface area contributed by atoms with Crippen molar-refractivity contribution in [3.63, 3.8) is 0 Å². The average molecular weight is 294 g/mol. The Balaban J connectivity index is 2.53. The quantitative estimate of drug-likeness (QED) is 0.635. The molecule has 5 heteroatoms. The number of aromatic nitrogens is 2. The van der Waals surface area contributed by atoms with E-state index in [0.717, 1.165) is 44.3 Å². The van der Waals surface area contributed by atoms with Crippen LogP contribution in [0.25, 0.3) is 0 Å². The molecule has 0 atom stereocenters. The minimum atomic E-state index is 0.712. The average Bonchev–Trinajstić information content (AvgIpc) is 2.54. The fourth-order valence-electron chi connectivity index (χ4n) is 2.22. The number of hydrogen-bond acceptors (Lipinski definition) is 5. The fourth-order valence-corrected chi connectivity index (χ4v) is 2.22. The Kier molecular flexibility index (Phi) is 8.94. The van der Waals surface area contributed by atoms with Crippen LogP contribution in [0.2, 0.25) is 0 Å². The zero-order chi connectivity index (χ0) is 15.5. The van der Waals surface area contributed by atoms with Gasteiger partial charge in [0.05, 0.1) is 6.61 Å². The Bertz CT molecular complexity index is 365.